The SMILES string of the molecule is Cc1cc(C(=O)NCC(=O)Nc2cn[nH]c2)c2nc3n(c2n1)CCCCC3. The molecule has 3 N–H and O–H groups in total. The summed E-state index contributed by atoms with van der Waals surface area (Å²) in [7, 11) is 0. The van der Waals surface area contributed by atoms with Crippen LogP contribution in [0, 0.1) is 6.92 Å². The van der Waals surface area contributed by atoms with E-state index in [0.29, 0.717) is 16.8 Å². The Kier molecular flexibility index (Phi) is 4.57. The molecule has 4 heterocycles. The van der Waals surface area contributed by atoms with Gasteiger partial charge in [-0.2, -0.15) is 5.10 Å². The van der Waals surface area contributed by atoms with Crippen LogP contribution in [0.3, 0.4) is 0 Å². The fourth-order valence-electron chi connectivity index (χ4n) is 3.37. The molecule has 0 bridgehead atoms. The second-order valence-corrected chi connectivity index (χ2v) is 6.69. The molecule has 0 fully saturated rings. The number of amides is 2. The van der Waals surface area contributed by atoms with Crippen molar-refractivity contribution in [3.63, 3.8) is 0 Å². The quantitative estimate of drug-likeness (QED) is 0.647. The van der Waals surface area contributed by atoms with Crippen LogP contribution in [0.25, 0.3) is 11.2 Å². The van der Waals surface area contributed by atoms with Gasteiger partial charge in [-0.1, -0.05) is 6.42 Å². The summed E-state index contributed by atoms with van der Waals surface area (Å²) in [5.74, 6) is 0.320. The third kappa shape index (κ3) is 3.53. The first-order chi connectivity index (χ1) is 13.1. The molecule has 0 atom stereocenters. The summed E-state index contributed by atoms with van der Waals surface area (Å²) in [6.45, 7) is 2.59. The second kappa shape index (κ2) is 7.18. The number of nitrogens with zero attached hydrogens (tertiary/aromatic N) is 4. The van der Waals surface area contributed by atoms with E-state index in [9.17, 15) is 9.59 Å². The smallest absolute Gasteiger partial charge is 0.254 e. The molecule has 9 heteroatoms. The summed E-state index contributed by atoms with van der Waals surface area (Å²) in [5, 5.41) is 11.7. The Bertz CT molecular complexity index is 991. The zero-order valence-corrected chi connectivity index (χ0v) is 15.1. The fourth-order valence-corrected chi connectivity index (χ4v) is 3.37. The molecule has 1 aliphatic rings. The predicted molar refractivity (Wildman–Crippen MR) is 99.4 cm³/mol. The molecule has 140 valence electrons. The van der Waals surface area contributed by atoms with Crippen molar-refractivity contribution in [3.05, 3.63) is 35.5 Å². The largest absolute Gasteiger partial charge is 0.343 e. The molecule has 0 radical (unpaired) electrons. The summed E-state index contributed by atoms with van der Waals surface area (Å²) in [6.07, 6.45) is 7.31. The highest BCUT2D eigenvalue weighted by Gasteiger charge is 2.21. The van der Waals surface area contributed by atoms with Crippen LogP contribution in [-0.2, 0) is 17.8 Å². The van der Waals surface area contributed by atoms with Gasteiger partial charge in [0.15, 0.2) is 5.65 Å². The Morgan fingerprint density at radius 3 is 2.96 bits per heavy atom. The minimum absolute atomic E-state index is 0.138. The molecule has 0 saturated carbocycles. The lowest BCUT2D eigenvalue weighted by atomic mass is 10.2. The minimum Gasteiger partial charge on any atom is -0.343 e. The molecular weight excluding hydrogens is 346 g/mol. The fraction of sp³-hybridized carbons (Fsp3) is 0.389. The molecule has 2 amide bonds. The van der Waals surface area contributed by atoms with E-state index >= 15 is 0 Å². The number of pyridine rings is 1. The molecule has 0 aliphatic carbocycles. The Hall–Kier alpha value is -3.23. The maximum atomic E-state index is 12.7. The average Bonchev–Trinajstić information content (AvgIpc) is 3.20. The lowest BCUT2D eigenvalue weighted by Gasteiger charge is -2.08. The van der Waals surface area contributed by atoms with Crippen molar-refractivity contribution in [2.45, 2.75) is 39.2 Å². The van der Waals surface area contributed by atoms with Gasteiger partial charge < -0.3 is 15.2 Å². The lowest BCUT2D eigenvalue weighted by molar-refractivity contribution is -0.115. The number of nitrogens with one attached hydrogen (secondary N) is 3. The van der Waals surface area contributed by atoms with Gasteiger partial charge in [0.2, 0.25) is 5.91 Å². The molecule has 3 aromatic rings. The van der Waals surface area contributed by atoms with E-state index in [0.717, 1.165) is 43.0 Å². The number of rotatable bonds is 4. The van der Waals surface area contributed by atoms with Crippen LogP contribution < -0.4 is 10.6 Å². The first-order valence-electron chi connectivity index (χ1n) is 9.05. The first kappa shape index (κ1) is 17.2. The Balaban J connectivity index is 1.55. The standard InChI is InChI=1S/C18H21N7O2/c1-11-7-13(18(27)19-10-15(26)23-12-8-20-21-9-12)16-17(22-11)25-6-4-2-3-5-14(25)24-16/h7-9H,2-6,10H2,1H3,(H,19,27)(H,20,21)(H,23,26). The van der Waals surface area contributed by atoms with Crippen molar-refractivity contribution in [1.82, 2.24) is 30.0 Å². The van der Waals surface area contributed by atoms with Crippen molar-refractivity contribution in [2.24, 2.45) is 0 Å². The summed E-state index contributed by atoms with van der Waals surface area (Å²) in [6, 6.07) is 1.72. The predicted octanol–water partition coefficient (Wildman–Crippen LogP) is 1.56. The van der Waals surface area contributed by atoms with Gasteiger partial charge in [0.1, 0.15) is 11.3 Å². The topological polar surface area (TPSA) is 118 Å². The highest BCUT2D eigenvalue weighted by Crippen LogP contribution is 2.23. The zero-order chi connectivity index (χ0) is 18.8. The Morgan fingerprint density at radius 1 is 1.26 bits per heavy atom. The molecule has 27 heavy (non-hydrogen) atoms. The van der Waals surface area contributed by atoms with Crippen molar-refractivity contribution in [2.75, 3.05) is 11.9 Å². The molecule has 1 aliphatic heterocycles. The van der Waals surface area contributed by atoms with Crippen molar-refractivity contribution < 1.29 is 9.59 Å². The van der Waals surface area contributed by atoms with Gasteiger partial charge in [-0.15, -0.1) is 0 Å². The van der Waals surface area contributed by atoms with Crippen LogP contribution in [0.2, 0.25) is 0 Å². The van der Waals surface area contributed by atoms with E-state index in [4.69, 9.17) is 0 Å². The number of hydrogen-bond acceptors (Lipinski definition) is 5. The van der Waals surface area contributed by atoms with Gasteiger partial charge in [0.05, 0.1) is 24.0 Å². The maximum absolute atomic E-state index is 12.7. The van der Waals surface area contributed by atoms with Crippen LogP contribution in [0.1, 0.15) is 41.1 Å². The number of H-pyrrole nitrogens is 1. The number of carbonyl (C=O) groups excluding carboxylic acids is 2. The van der Waals surface area contributed by atoms with Crippen molar-refractivity contribution in [3.8, 4) is 0 Å². The number of aryl methyl sites for hydroxylation is 3. The molecule has 0 saturated heterocycles. The molecule has 0 aromatic carbocycles. The van der Waals surface area contributed by atoms with E-state index < -0.39 is 0 Å². The number of aromatic nitrogens is 5. The molecular formula is C18H21N7O2. The van der Waals surface area contributed by atoms with E-state index in [-0.39, 0.29) is 18.4 Å². The third-order valence-electron chi connectivity index (χ3n) is 4.63. The summed E-state index contributed by atoms with van der Waals surface area (Å²) in [4.78, 5) is 34.0. The van der Waals surface area contributed by atoms with Gasteiger partial charge in [-0.05, 0) is 25.8 Å². The maximum Gasteiger partial charge on any atom is 0.254 e. The summed E-state index contributed by atoms with van der Waals surface area (Å²) >= 11 is 0. The lowest BCUT2D eigenvalue weighted by Crippen LogP contribution is -2.33. The number of aromatic amines is 1. The Labute approximate surface area is 155 Å². The minimum atomic E-state index is -0.332. The zero-order valence-electron chi connectivity index (χ0n) is 15.1. The number of hydrogen-bond donors (Lipinski definition) is 3. The Morgan fingerprint density at radius 2 is 2.15 bits per heavy atom. The molecule has 3 aromatic heterocycles. The average molecular weight is 367 g/mol. The van der Waals surface area contributed by atoms with E-state index in [1.165, 1.54) is 12.6 Å². The number of anilines is 1. The van der Waals surface area contributed by atoms with Gasteiger partial charge >= 0.3 is 0 Å². The van der Waals surface area contributed by atoms with Crippen molar-refractivity contribution in [1.29, 1.82) is 0 Å². The van der Waals surface area contributed by atoms with Crippen LogP contribution in [0.4, 0.5) is 5.69 Å². The van der Waals surface area contributed by atoms with Crippen LogP contribution in [0.15, 0.2) is 18.5 Å². The van der Waals surface area contributed by atoms with Gasteiger partial charge in [-0.3, -0.25) is 14.7 Å². The van der Waals surface area contributed by atoms with Crippen LogP contribution in [0.5, 0.6) is 0 Å². The molecule has 9 nitrogen and oxygen atoms in total. The van der Waals surface area contributed by atoms with Gasteiger partial charge in [-0.25, -0.2) is 9.97 Å². The van der Waals surface area contributed by atoms with Crippen LogP contribution in [-0.4, -0.2) is 43.1 Å². The summed E-state index contributed by atoms with van der Waals surface area (Å²) < 4.78 is 2.12. The highest BCUT2D eigenvalue weighted by atomic mass is 16.2. The highest BCUT2D eigenvalue weighted by molar-refractivity contribution is 6.06. The van der Waals surface area contributed by atoms with Gasteiger partial charge in [0.25, 0.3) is 5.91 Å². The van der Waals surface area contributed by atoms with E-state index in [2.05, 4.69) is 35.4 Å². The molecule has 0 spiro atoms. The molecule has 0 unspecified atom stereocenters. The summed E-state index contributed by atoms with van der Waals surface area (Å²) in [5.41, 5.74) is 3.11. The number of imidazole rings is 1. The number of fused-ring (bicyclic) bond motifs is 3. The monoisotopic (exact) mass is 367 g/mol. The normalized spacial score (nSPS) is 13.8. The first-order valence-corrected chi connectivity index (χ1v) is 9.05. The van der Waals surface area contributed by atoms with E-state index in [1.807, 2.05) is 6.92 Å². The van der Waals surface area contributed by atoms with Crippen LogP contribution >= 0.6 is 0 Å². The van der Waals surface area contributed by atoms with Crippen molar-refractivity contribution >= 4 is 28.7 Å². The van der Waals surface area contributed by atoms with Gasteiger partial charge in [0, 0.05) is 24.9 Å². The molecule has 4 rings (SSSR count). The second-order valence-electron chi connectivity index (χ2n) is 6.69. The van der Waals surface area contributed by atoms with E-state index in [1.54, 1.807) is 12.3 Å². The number of carbonyl (C=O) groups is 2. The third-order valence-corrected chi connectivity index (χ3v) is 4.63.